The molecular weight excluding hydrogens is 294 g/mol. The van der Waals surface area contributed by atoms with E-state index in [2.05, 4.69) is 5.32 Å². The molecule has 1 saturated carbocycles. The highest BCUT2D eigenvalue weighted by Crippen LogP contribution is 2.38. The predicted octanol–water partition coefficient (Wildman–Crippen LogP) is 2.15. The smallest absolute Gasteiger partial charge is 0.310 e. The molecule has 4 unspecified atom stereocenters. The van der Waals surface area contributed by atoms with Gasteiger partial charge in [0.15, 0.2) is 0 Å². The number of esters is 2. The van der Waals surface area contributed by atoms with Crippen LogP contribution in [-0.4, -0.2) is 32.2 Å². The fourth-order valence-corrected chi connectivity index (χ4v) is 3.50. The monoisotopic (exact) mass is 319 g/mol. The number of ether oxygens (including phenoxy) is 2. The molecule has 1 aromatic carbocycles. The Labute approximate surface area is 137 Å². The number of hydrogen-bond acceptors (Lipinski definition) is 5. The van der Waals surface area contributed by atoms with Gasteiger partial charge in [-0.3, -0.25) is 9.59 Å². The molecular formula is C18H25NO4. The standard InChI is InChI=1S/C18H25NO4/c1-12(17(20)22-2)14-9-10-15(16(14)18(21)23-3)19-11-13-7-5-4-6-8-13/h4-8,12,14-16,19H,9-11H2,1-3H3. The normalized spacial score (nSPS) is 24.9. The summed E-state index contributed by atoms with van der Waals surface area (Å²) in [7, 11) is 2.78. The Morgan fingerprint density at radius 1 is 1.17 bits per heavy atom. The zero-order valence-corrected chi connectivity index (χ0v) is 14.0. The number of benzene rings is 1. The minimum atomic E-state index is -0.321. The van der Waals surface area contributed by atoms with Crippen molar-refractivity contribution in [2.45, 2.75) is 32.4 Å². The Kier molecular flexibility index (Phi) is 6.16. The Hall–Kier alpha value is -1.88. The van der Waals surface area contributed by atoms with Crippen LogP contribution < -0.4 is 5.32 Å². The zero-order valence-electron chi connectivity index (χ0n) is 14.0. The van der Waals surface area contributed by atoms with E-state index >= 15 is 0 Å². The second kappa shape index (κ2) is 8.11. The van der Waals surface area contributed by atoms with Gasteiger partial charge < -0.3 is 14.8 Å². The third kappa shape index (κ3) is 4.10. The van der Waals surface area contributed by atoms with Gasteiger partial charge in [0.2, 0.25) is 0 Å². The highest BCUT2D eigenvalue weighted by molar-refractivity contribution is 5.77. The van der Waals surface area contributed by atoms with E-state index in [1.165, 1.54) is 19.8 Å². The molecule has 0 radical (unpaired) electrons. The van der Waals surface area contributed by atoms with E-state index in [1.54, 1.807) is 0 Å². The van der Waals surface area contributed by atoms with Crippen LogP contribution in [0.4, 0.5) is 0 Å². The molecule has 1 aliphatic rings. The molecule has 126 valence electrons. The zero-order chi connectivity index (χ0) is 16.8. The SMILES string of the molecule is COC(=O)C(C)C1CCC(NCc2ccccc2)C1C(=O)OC. The third-order valence-electron chi connectivity index (χ3n) is 4.81. The van der Waals surface area contributed by atoms with Crippen molar-refractivity contribution in [3.8, 4) is 0 Å². The number of carbonyl (C=O) groups is 2. The summed E-state index contributed by atoms with van der Waals surface area (Å²) in [4.78, 5) is 24.1. The maximum Gasteiger partial charge on any atom is 0.310 e. The Morgan fingerprint density at radius 3 is 2.48 bits per heavy atom. The minimum Gasteiger partial charge on any atom is -0.469 e. The Bertz CT molecular complexity index is 531. The molecule has 1 aliphatic carbocycles. The maximum atomic E-state index is 12.2. The van der Waals surface area contributed by atoms with Crippen LogP contribution in [-0.2, 0) is 25.6 Å². The summed E-state index contributed by atoms with van der Waals surface area (Å²) in [6, 6.07) is 10.1. The molecule has 0 bridgehead atoms. The van der Waals surface area contributed by atoms with Crippen LogP contribution in [0.25, 0.3) is 0 Å². The second-order valence-electron chi connectivity index (χ2n) is 6.07. The molecule has 1 aromatic rings. The summed E-state index contributed by atoms with van der Waals surface area (Å²) < 4.78 is 9.82. The van der Waals surface area contributed by atoms with Gasteiger partial charge in [-0.25, -0.2) is 0 Å². The van der Waals surface area contributed by atoms with Gasteiger partial charge in [0, 0.05) is 12.6 Å². The first-order valence-corrected chi connectivity index (χ1v) is 8.01. The molecule has 0 aliphatic heterocycles. The van der Waals surface area contributed by atoms with Gasteiger partial charge in [-0.1, -0.05) is 37.3 Å². The summed E-state index contributed by atoms with van der Waals surface area (Å²) in [6.07, 6.45) is 1.65. The van der Waals surface area contributed by atoms with E-state index in [9.17, 15) is 9.59 Å². The predicted molar refractivity (Wildman–Crippen MR) is 86.5 cm³/mol. The van der Waals surface area contributed by atoms with Crippen molar-refractivity contribution in [3.63, 3.8) is 0 Å². The van der Waals surface area contributed by atoms with Gasteiger partial charge in [-0.15, -0.1) is 0 Å². The van der Waals surface area contributed by atoms with E-state index in [0.717, 1.165) is 12.8 Å². The first kappa shape index (κ1) is 17.5. The van der Waals surface area contributed by atoms with Crippen LogP contribution in [0.3, 0.4) is 0 Å². The van der Waals surface area contributed by atoms with E-state index in [0.29, 0.717) is 6.54 Å². The van der Waals surface area contributed by atoms with Crippen LogP contribution in [0.15, 0.2) is 30.3 Å². The summed E-state index contributed by atoms with van der Waals surface area (Å²) in [5.74, 6) is -1.21. The molecule has 0 saturated heterocycles. The molecule has 4 atom stereocenters. The molecule has 0 heterocycles. The topological polar surface area (TPSA) is 64.6 Å². The number of nitrogens with one attached hydrogen (secondary N) is 1. The van der Waals surface area contributed by atoms with Crippen LogP contribution in [0, 0.1) is 17.8 Å². The average molecular weight is 319 g/mol. The first-order valence-electron chi connectivity index (χ1n) is 8.01. The van der Waals surface area contributed by atoms with Gasteiger partial charge in [0.1, 0.15) is 0 Å². The Balaban J connectivity index is 2.07. The maximum absolute atomic E-state index is 12.2. The summed E-state index contributed by atoms with van der Waals surface area (Å²) in [5, 5.41) is 3.45. The van der Waals surface area contributed by atoms with Crippen LogP contribution in [0.1, 0.15) is 25.3 Å². The lowest BCUT2D eigenvalue weighted by Gasteiger charge is -2.26. The first-order chi connectivity index (χ1) is 11.1. The van der Waals surface area contributed by atoms with Gasteiger partial charge in [-0.2, -0.15) is 0 Å². The molecule has 5 heteroatoms. The van der Waals surface area contributed by atoms with E-state index < -0.39 is 0 Å². The van der Waals surface area contributed by atoms with Crippen molar-refractivity contribution in [1.29, 1.82) is 0 Å². The van der Waals surface area contributed by atoms with E-state index in [4.69, 9.17) is 9.47 Å². The second-order valence-corrected chi connectivity index (χ2v) is 6.07. The summed E-state index contributed by atoms with van der Waals surface area (Å²) >= 11 is 0. The van der Waals surface area contributed by atoms with Gasteiger partial charge in [0.25, 0.3) is 0 Å². The fourth-order valence-electron chi connectivity index (χ4n) is 3.50. The van der Waals surface area contributed by atoms with Crippen LogP contribution in [0.5, 0.6) is 0 Å². The lowest BCUT2D eigenvalue weighted by Crippen LogP contribution is -2.41. The van der Waals surface area contributed by atoms with Gasteiger partial charge in [-0.05, 0) is 24.3 Å². The van der Waals surface area contributed by atoms with E-state index in [-0.39, 0.29) is 35.7 Å². The molecule has 5 nitrogen and oxygen atoms in total. The molecule has 0 amide bonds. The van der Waals surface area contributed by atoms with Crippen molar-refractivity contribution < 1.29 is 19.1 Å². The lowest BCUT2D eigenvalue weighted by atomic mass is 9.83. The van der Waals surface area contributed by atoms with Gasteiger partial charge in [0.05, 0.1) is 26.1 Å². The molecule has 0 spiro atoms. The van der Waals surface area contributed by atoms with Crippen LogP contribution >= 0.6 is 0 Å². The van der Waals surface area contributed by atoms with Crippen molar-refractivity contribution in [2.24, 2.45) is 17.8 Å². The number of methoxy groups -OCH3 is 2. The minimum absolute atomic E-state index is 0.0137. The number of carbonyl (C=O) groups excluding carboxylic acids is 2. The number of hydrogen-bond donors (Lipinski definition) is 1. The van der Waals surface area contributed by atoms with Crippen molar-refractivity contribution in [1.82, 2.24) is 5.32 Å². The highest BCUT2D eigenvalue weighted by Gasteiger charge is 2.45. The van der Waals surface area contributed by atoms with Crippen LogP contribution in [0.2, 0.25) is 0 Å². The fraction of sp³-hybridized carbons (Fsp3) is 0.556. The largest absolute Gasteiger partial charge is 0.469 e. The van der Waals surface area contributed by atoms with E-state index in [1.807, 2.05) is 37.3 Å². The molecule has 2 rings (SSSR count). The lowest BCUT2D eigenvalue weighted by molar-refractivity contribution is -0.152. The molecule has 1 fully saturated rings. The van der Waals surface area contributed by atoms with Crippen molar-refractivity contribution in [2.75, 3.05) is 14.2 Å². The van der Waals surface area contributed by atoms with Crippen molar-refractivity contribution >= 4 is 11.9 Å². The number of rotatable bonds is 6. The van der Waals surface area contributed by atoms with Crippen molar-refractivity contribution in [3.05, 3.63) is 35.9 Å². The summed E-state index contributed by atoms with van der Waals surface area (Å²) in [5.41, 5.74) is 1.17. The average Bonchev–Trinajstić information content (AvgIpc) is 3.02. The quantitative estimate of drug-likeness (QED) is 0.814. The highest BCUT2D eigenvalue weighted by atomic mass is 16.5. The third-order valence-corrected chi connectivity index (χ3v) is 4.81. The molecule has 23 heavy (non-hydrogen) atoms. The Morgan fingerprint density at radius 2 is 1.87 bits per heavy atom. The van der Waals surface area contributed by atoms with Gasteiger partial charge >= 0.3 is 11.9 Å². The molecule has 1 N–H and O–H groups in total. The molecule has 0 aromatic heterocycles. The summed E-state index contributed by atoms with van der Waals surface area (Å²) in [6.45, 7) is 2.52.